The summed E-state index contributed by atoms with van der Waals surface area (Å²) in [5.74, 6) is -1.21. The van der Waals surface area contributed by atoms with Gasteiger partial charge in [-0.15, -0.1) is 24.5 Å². The van der Waals surface area contributed by atoms with Crippen molar-refractivity contribution in [3.63, 3.8) is 0 Å². The highest BCUT2D eigenvalue weighted by Gasteiger charge is 2.32. The molecule has 210 valence electrons. The number of halogens is 3. The molecule has 1 fully saturated rings. The number of thiazole rings is 1. The molecule has 1 amide bonds. The van der Waals surface area contributed by atoms with Crippen LogP contribution in [-0.2, 0) is 17.8 Å². The molecule has 4 aromatic rings. The molecule has 0 radical (unpaired) electrons. The molecule has 0 aliphatic heterocycles. The molecule has 5 rings (SSSR count). The fourth-order valence-electron chi connectivity index (χ4n) is 5.45. The van der Waals surface area contributed by atoms with Crippen LogP contribution in [0.5, 0.6) is 5.75 Å². The van der Waals surface area contributed by atoms with E-state index in [1.54, 1.807) is 36.2 Å². The molecule has 11 heteroatoms. The van der Waals surface area contributed by atoms with Crippen LogP contribution in [0.3, 0.4) is 0 Å². The summed E-state index contributed by atoms with van der Waals surface area (Å²) in [5, 5.41) is 12.9. The van der Waals surface area contributed by atoms with Gasteiger partial charge in [-0.1, -0.05) is 31.4 Å². The van der Waals surface area contributed by atoms with Gasteiger partial charge in [-0.05, 0) is 61.2 Å². The zero-order valence-corrected chi connectivity index (χ0v) is 22.6. The minimum absolute atomic E-state index is 0.00233. The van der Waals surface area contributed by atoms with Gasteiger partial charge in [0, 0.05) is 34.3 Å². The van der Waals surface area contributed by atoms with Crippen LogP contribution < -0.4 is 9.64 Å². The monoisotopic (exact) mass is 571 g/mol. The van der Waals surface area contributed by atoms with E-state index < -0.39 is 18.0 Å². The average molecular weight is 572 g/mol. The van der Waals surface area contributed by atoms with Crippen molar-refractivity contribution in [2.75, 3.05) is 4.90 Å². The Labute approximate surface area is 232 Å². The van der Waals surface area contributed by atoms with Crippen LogP contribution in [0.25, 0.3) is 10.9 Å². The van der Waals surface area contributed by atoms with Crippen LogP contribution in [0.15, 0.2) is 54.0 Å². The van der Waals surface area contributed by atoms with E-state index in [-0.39, 0.29) is 30.5 Å². The molecular weight excluding hydrogens is 543 g/mol. The summed E-state index contributed by atoms with van der Waals surface area (Å²) in [6.07, 6.45) is 1.73. The van der Waals surface area contributed by atoms with Crippen LogP contribution >= 0.6 is 11.3 Å². The van der Waals surface area contributed by atoms with Gasteiger partial charge in [0.05, 0.1) is 18.5 Å². The Kier molecular flexibility index (Phi) is 7.95. The zero-order chi connectivity index (χ0) is 28.4. The predicted molar refractivity (Wildman–Crippen MR) is 146 cm³/mol. The number of anilines is 1. The Morgan fingerprint density at radius 3 is 2.60 bits per heavy atom. The minimum Gasteiger partial charge on any atom is -0.406 e. The number of hydrogen-bond donors (Lipinski definition) is 1. The fourth-order valence-corrected chi connectivity index (χ4v) is 6.18. The van der Waals surface area contributed by atoms with Crippen molar-refractivity contribution in [1.29, 1.82) is 0 Å². The number of fused-ring (bicyclic) bond motifs is 1. The fraction of sp³-hybridized carbons (Fsp3) is 0.345. The highest BCUT2D eigenvalue weighted by Crippen LogP contribution is 2.33. The van der Waals surface area contributed by atoms with Gasteiger partial charge in [0.15, 0.2) is 5.13 Å². The lowest BCUT2D eigenvalue weighted by Crippen LogP contribution is -2.42. The van der Waals surface area contributed by atoms with E-state index in [1.807, 2.05) is 5.38 Å². The molecule has 2 aromatic heterocycles. The Morgan fingerprint density at radius 2 is 1.93 bits per heavy atom. The van der Waals surface area contributed by atoms with Crippen molar-refractivity contribution in [2.45, 2.75) is 64.5 Å². The normalized spacial score (nSPS) is 14.4. The second-order valence-electron chi connectivity index (χ2n) is 9.84. The highest BCUT2D eigenvalue weighted by molar-refractivity contribution is 7.13. The van der Waals surface area contributed by atoms with E-state index in [4.69, 9.17) is 0 Å². The largest absolute Gasteiger partial charge is 0.573 e. The van der Waals surface area contributed by atoms with Gasteiger partial charge in [-0.25, -0.2) is 4.98 Å². The van der Waals surface area contributed by atoms with E-state index in [9.17, 15) is 27.9 Å². The zero-order valence-electron chi connectivity index (χ0n) is 21.8. The lowest BCUT2D eigenvalue weighted by atomic mass is 9.94. The molecule has 1 aliphatic rings. The third kappa shape index (κ3) is 5.75. The minimum atomic E-state index is -4.90. The molecule has 0 atom stereocenters. The molecule has 1 saturated carbocycles. The van der Waals surface area contributed by atoms with Crippen LogP contribution in [0.1, 0.15) is 59.3 Å². The number of nitrogens with zero attached hydrogens (tertiary/aromatic N) is 3. The Balaban J connectivity index is 1.56. The third-order valence-electron chi connectivity index (χ3n) is 7.26. The molecule has 2 heterocycles. The third-order valence-corrected chi connectivity index (χ3v) is 8.03. The first-order valence-corrected chi connectivity index (χ1v) is 13.9. The number of amides is 1. The Bertz CT molecular complexity index is 1530. The molecule has 40 heavy (non-hydrogen) atoms. The molecule has 0 bridgehead atoms. The highest BCUT2D eigenvalue weighted by atomic mass is 32.1. The number of alkyl halides is 3. The number of benzene rings is 2. The maximum absolute atomic E-state index is 13.9. The first kappa shape index (κ1) is 27.9. The number of aliphatic hydroxyl groups is 1. The molecule has 2 aromatic carbocycles. The number of rotatable bonds is 7. The molecule has 1 N–H and O–H groups in total. The van der Waals surface area contributed by atoms with Crippen molar-refractivity contribution < 1.29 is 32.6 Å². The van der Waals surface area contributed by atoms with Gasteiger partial charge in [-0.3, -0.25) is 19.1 Å². The van der Waals surface area contributed by atoms with Crippen LogP contribution in [0.2, 0.25) is 0 Å². The number of aromatic nitrogens is 2. The molecule has 1 aliphatic carbocycles. The number of carbonyl (C=O) groups is 2. The summed E-state index contributed by atoms with van der Waals surface area (Å²) >= 11 is 1.40. The molecule has 7 nitrogen and oxygen atoms in total. The second kappa shape index (κ2) is 11.4. The van der Waals surface area contributed by atoms with Gasteiger partial charge in [0.25, 0.3) is 5.91 Å². The number of ether oxygens (including phenoxy) is 1. The lowest BCUT2D eigenvalue weighted by molar-refractivity contribution is -0.274. The lowest BCUT2D eigenvalue weighted by Gasteiger charge is -2.32. The van der Waals surface area contributed by atoms with E-state index in [0.717, 1.165) is 44.2 Å². The summed E-state index contributed by atoms with van der Waals surface area (Å²) in [5.41, 5.74) is 2.20. The van der Waals surface area contributed by atoms with Crippen molar-refractivity contribution >= 4 is 39.2 Å². The van der Waals surface area contributed by atoms with Gasteiger partial charge in [-0.2, -0.15) is 0 Å². The second-order valence-corrected chi connectivity index (χ2v) is 10.7. The van der Waals surface area contributed by atoms with Crippen molar-refractivity contribution in [2.24, 2.45) is 0 Å². The molecule has 0 spiro atoms. The summed E-state index contributed by atoms with van der Waals surface area (Å²) in [6, 6.07) is 10.0. The first-order chi connectivity index (χ1) is 19.2. The molecular formula is C29H28F3N3O4S. The van der Waals surface area contributed by atoms with Gasteiger partial charge in [0.1, 0.15) is 5.75 Å². The van der Waals surface area contributed by atoms with Crippen molar-refractivity contribution in [1.82, 2.24) is 9.55 Å². The van der Waals surface area contributed by atoms with E-state index in [1.165, 1.54) is 28.0 Å². The van der Waals surface area contributed by atoms with E-state index >= 15 is 0 Å². The standard InChI is InChI=1S/C29H28F3N3O4S/c1-18-23(16-26(37)35(28-33-12-13-40-28)21-7-3-2-4-8-21)24-14-19(17-36)10-11-25(24)34(18)27(38)20-6-5-9-22(15-20)39-29(30,31)32/h5-6,9-15,21,36H,2-4,7-8,16-17H2,1H3. The van der Waals surface area contributed by atoms with Crippen LogP contribution in [0.4, 0.5) is 18.3 Å². The number of hydrogen-bond acceptors (Lipinski definition) is 6. The van der Waals surface area contributed by atoms with Gasteiger partial charge < -0.3 is 9.84 Å². The quantitative estimate of drug-likeness (QED) is 0.278. The van der Waals surface area contributed by atoms with Crippen LogP contribution in [0, 0.1) is 6.92 Å². The maximum Gasteiger partial charge on any atom is 0.573 e. The summed E-state index contributed by atoms with van der Waals surface area (Å²) in [6.45, 7) is 1.48. The Morgan fingerprint density at radius 1 is 1.15 bits per heavy atom. The Hall–Kier alpha value is -3.70. The van der Waals surface area contributed by atoms with Crippen molar-refractivity contribution in [3.05, 3.63) is 76.4 Å². The van der Waals surface area contributed by atoms with Gasteiger partial charge >= 0.3 is 6.36 Å². The smallest absolute Gasteiger partial charge is 0.406 e. The summed E-state index contributed by atoms with van der Waals surface area (Å²) in [4.78, 5) is 33.8. The van der Waals surface area contributed by atoms with Gasteiger partial charge in [0.2, 0.25) is 5.91 Å². The maximum atomic E-state index is 13.9. The average Bonchev–Trinajstić information content (AvgIpc) is 3.54. The van der Waals surface area contributed by atoms with E-state index in [0.29, 0.717) is 32.9 Å². The van der Waals surface area contributed by atoms with E-state index in [2.05, 4.69) is 9.72 Å². The first-order valence-electron chi connectivity index (χ1n) is 13.0. The molecule has 0 unspecified atom stereocenters. The number of aliphatic hydroxyl groups excluding tert-OH is 1. The summed E-state index contributed by atoms with van der Waals surface area (Å²) < 4.78 is 43.8. The summed E-state index contributed by atoms with van der Waals surface area (Å²) in [7, 11) is 0. The van der Waals surface area contributed by atoms with Crippen molar-refractivity contribution in [3.8, 4) is 5.75 Å². The predicted octanol–water partition coefficient (Wildman–Crippen LogP) is 6.39. The number of carbonyl (C=O) groups excluding carboxylic acids is 2. The van der Waals surface area contributed by atoms with Crippen LogP contribution in [-0.4, -0.2) is 38.9 Å². The topological polar surface area (TPSA) is 84.7 Å². The SMILES string of the molecule is Cc1c(CC(=O)N(c2nccs2)C2CCCCC2)c2cc(CO)ccc2n1C(=O)c1cccc(OC(F)(F)F)c1. The molecule has 0 saturated heterocycles.